The predicted octanol–water partition coefficient (Wildman–Crippen LogP) is 1.84. The van der Waals surface area contributed by atoms with Gasteiger partial charge in [-0.2, -0.15) is 0 Å². The summed E-state index contributed by atoms with van der Waals surface area (Å²) in [6, 6.07) is 0. The van der Waals surface area contributed by atoms with Crippen LogP contribution < -0.4 is 5.73 Å². The third kappa shape index (κ3) is 3.89. The Kier molecular flexibility index (Phi) is 3.47. The minimum atomic E-state index is 0.348. The third-order valence-electron chi connectivity index (χ3n) is 1.21. The molecule has 10 heavy (non-hydrogen) atoms. The fourth-order valence-corrected chi connectivity index (χ4v) is 0.309. The lowest BCUT2D eigenvalue weighted by Gasteiger charge is -1.93. The van der Waals surface area contributed by atoms with E-state index in [0.717, 1.165) is 5.57 Å². The first-order chi connectivity index (χ1) is 4.54. The van der Waals surface area contributed by atoms with Crippen molar-refractivity contribution in [3.8, 4) is 0 Å². The van der Waals surface area contributed by atoms with Gasteiger partial charge in [-0.15, -0.1) is 0 Å². The van der Waals surface area contributed by atoms with Gasteiger partial charge in [0.2, 0.25) is 0 Å². The molecule has 0 aliphatic rings. The molecule has 56 valence electrons. The summed E-state index contributed by atoms with van der Waals surface area (Å²) in [5.41, 5.74) is 7.60. The molecule has 0 aliphatic carbocycles. The van der Waals surface area contributed by atoms with Crippen molar-refractivity contribution in [1.82, 2.24) is 0 Å². The summed E-state index contributed by atoms with van der Waals surface area (Å²) >= 11 is 0. The highest BCUT2D eigenvalue weighted by atomic mass is 14.9. The lowest BCUT2D eigenvalue weighted by Crippen LogP contribution is -1.91. The van der Waals surface area contributed by atoms with Crippen LogP contribution in [0.2, 0.25) is 0 Å². The Labute approximate surface area is 62.1 Å². The van der Waals surface area contributed by atoms with E-state index in [2.05, 4.69) is 11.6 Å². The van der Waals surface area contributed by atoms with Gasteiger partial charge in [-0.05, 0) is 26.3 Å². The van der Waals surface area contributed by atoms with Gasteiger partial charge >= 0.3 is 0 Å². The van der Waals surface area contributed by atoms with Crippen molar-refractivity contribution >= 4 is 6.21 Å². The molecule has 0 amide bonds. The van der Waals surface area contributed by atoms with Crippen LogP contribution in [-0.2, 0) is 0 Å². The van der Waals surface area contributed by atoms with Gasteiger partial charge in [0.25, 0.3) is 0 Å². The molecule has 2 N–H and O–H groups in total. The van der Waals surface area contributed by atoms with Crippen LogP contribution in [0.25, 0.3) is 0 Å². The average molecular weight is 138 g/mol. The van der Waals surface area contributed by atoms with Crippen molar-refractivity contribution in [1.29, 1.82) is 0 Å². The van der Waals surface area contributed by atoms with Crippen LogP contribution in [0.4, 0.5) is 0 Å². The molecule has 0 aromatic heterocycles. The van der Waals surface area contributed by atoms with E-state index < -0.39 is 0 Å². The van der Waals surface area contributed by atoms with Gasteiger partial charge in [-0.1, -0.05) is 12.2 Å². The molecule has 0 unspecified atom stereocenters. The van der Waals surface area contributed by atoms with E-state index in [1.165, 1.54) is 5.57 Å². The van der Waals surface area contributed by atoms with Crippen molar-refractivity contribution in [2.24, 2.45) is 10.7 Å². The van der Waals surface area contributed by atoms with E-state index >= 15 is 0 Å². The minimum Gasteiger partial charge on any atom is -0.384 e. The highest BCUT2D eigenvalue weighted by molar-refractivity contribution is 5.79. The topological polar surface area (TPSA) is 38.4 Å². The maximum atomic E-state index is 5.23. The molecule has 0 spiro atoms. The number of hydrogen-bond acceptors (Lipinski definition) is 2. The summed E-state index contributed by atoms with van der Waals surface area (Å²) in [5, 5.41) is 0. The van der Waals surface area contributed by atoms with Gasteiger partial charge in [0, 0.05) is 6.21 Å². The molecular formula is C8H14N2. The average Bonchev–Trinajstić information content (AvgIpc) is 1.82. The van der Waals surface area contributed by atoms with Crippen LogP contribution in [0, 0.1) is 0 Å². The number of hydrogen-bond donors (Lipinski definition) is 1. The van der Waals surface area contributed by atoms with Gasteiger partial charge in [0.05, 0.1) is 0 Å². The van der Waals surface area contributed by atoms with Crippen LogP contribution >= 0.6 is 0 Å². The van der Waals surface area contributed by atoms with Crippen molar-refractivity contribution in [2.45, 2.75) is 20.8 Å². The van der Waals surface area contributed by atoms with E-state index in [4.69, 9.17) is 5.73 Å². The molecule has 0 heterocycles. The van der Waals surface area contributed by atoms with Gasteiger partial charge in [-0.3, -0.25) is 0 Å². The fourth-order valence-electron chi connectivity index (χ4n) is 0.309. The second-order valence-electron chi connectivity index (χ2n) is 2.43. The first kappa shape index (κ1) is 8.95. The number of aliphatic imine (C=N–C) groups is 1. The number of rotatable bonds is 2. The zero-order valence-electron chi connectivity index (χ0n) is 6.81. The molecule has 0 rings (SSSR count). The quantitative estimate of drug-likeness (QED) is 0.581. The van der Waals surface area contributed by atoms with Crippen LogP contribution in [0.3, 0.4) is 0 Å². The molecule has 0 saturated carbocycles. The zero-order valence-corrected chi connectivity index (χ0v) is 6.81. The van der Waals surface area contributed by atoms with Gasteiger partial charge in [0.15, 0.2) is 0 Å². The summed E-state index contributed by atoms with van der Waals surface area (Å²) in [6.45, 7) is 9.49. The minimum absolute atomic E-state index is 0.348. The second-order valence-corrected chi connectivity index (χ2v) is 2.43. The van der Waals surface area contributed by atoms with Gasteiger partial charge < -0.3 is 5.73 Å². The Morgan fingerprint density at radius 1 is 1.40 bits per heavy atom. The highest BCUT2D eigenvalue weighted by Gasteiger charge is 1.84. The summed E-state index contributed by atoms with van der Waals surface area (Å²) in [7, 11) is 0. The molecule has 0 fully saturated rings. The highest BCUT2D eigenvalue weighted by Crippen LogP contribution is 1.98. The summed E-state index contributed by atoms with van der Waals surface area (Å²) in [5.74, 6) is 0.348. The Bertz CT molecular complexity index is 183. The molecule has 2 nitrogen and oxygen atoms in total. The van der Waals surface area contributed by atoms with Crippen LogP contribution in [0.15, 0.2) is 28.5 Å². The van der Waals surface area contributed by atoms with Crippen molar-refractivity contribution in [3.05, 3.63) is 23.5 Å². The largest absolute Gasteiger partial charge is 0.384 e. The van der Waals surface area contributed by atoms with E-state index in [9.17, 15) is 0 Å². The smallest absolute Gasteiger partial charge is 0.115 e. The Hall–Kier alpha value is -1.05. The van der Waals surface area contributed by atoms with Crippen LogP contribution in [-0.4, -0.2) is 6.21 Å². The molecular weight excluding hydrogens is 124 g/mol. The van der Waals surface area contributed by atoms with E-state index in [0.29, 0.717) is 5.82 Å². The lowest BCUT2D eigenvalue weighted by atomic mass is 10.2. The van der Waals surface area contributed by atoms with E-state index in [-0.39, 0.29) is 0 Å². The molecule has 0 saturated heterocycles. The van der Waals surface area contributed by atoms with Gasteiger partial charge in [0.1, 0.15) is 5.82 Å². The molecule has 0 bridgehead atoms. The zero-order chi connectivity index (χ0) is 8.15. The standard InChI is InChI=1S/C8H14N2/c1-6(2)7(3)5-10-8(4)9/h5H,4,9H2,1-3H3/b10-5-. The maximum absolute atomic E-state index is 5.23. The summed E-state index contributed by atoms with van der Waals surface area (Å²) in [4.78, 5) is 3.85. The first-order valence-electron chi connectivity index (χ1n) is 3.16. The lowest BCUT2D eigenvalue weighted by molar-refractivity contribution is 1.26. The van der Waals surface area contributed by atoms with E-state index in [1.54, 1.807) is 6.21 Å². The number of nitrogens with zero attached hydrogens (tertiary/aromatic N) is 1. The Morgan fingerprint density at radius 3 is 2.20 bits per heavy atom. The monoisotopic (exact) mass is 138 g/mol. The third-order valence-corrected chi connectivity index (χ3v) is 1.21. The molecule has 0 aliphatic heterocycles. The summed E-state index contributed by atoms with van der Waals surface area (Å²) < 4.78 is 0. The van der Waals surface area contributed by atoms with Crippen molar-refractivity contribution in [3.63, 3.8) is 0 Å². The predicted molar refractivity (Wildman–Crippen MR) is 45.9 cm³/mol. The number of allylic oxidation sites excluding steroid dienone is 2. The SMILES string of the molecule is C=C(N)/N=C\C(C)=C(C)C. The van der Waals surface area contributed by atoms with Crippen LogP contribution in [0.5, 0.6) is 0 Å². The molecule has 0 atom stereocenters. The van der Waals surface area contributed by atoms with Crippen molar-refractivity contribution < 1.29 is 0 Å². The van der Waals surface area contributed by atoms with Crippen molar-refractivity contribution in [2.75, 3.05) is 0 Å². The summed E-state index contributed by atoms with van der Waals surface area (Å²) in [6.07, 6.45) is 1.72. The second kappa shape index (κ2) is 3.88. The Balaban J connectivity index is 4.16. The molecule has 2 heteroatoms. The fraction of sp³-hybridized carbons (Fsp3) is 0.375. The first-order valence-corrected chi connectivity index (χ1v) is 3.16. The number of nitrogens with two attached hydrogens (primary N) is 1. The maximum Gasteiger partial charge on any atom is 0.115 e. The normalized spacial score (nSPS) is 9.90. The molecule has 0 aromatic carbocycles. The van der Waals surface area contributed by atoms with Crippen LogP contribution in [0.1, 0.15) is 20.8 Å². The van der Waals surface area contributed by atoms with Gasteiger partial charge in [-0.25, -0.2) is 4.99 Å². The van der Waals surface area contributed by atoms with E-state index in [1.807, 2.05) is 20.8 Å². The Morgan fingerprint density at radius 2 is 1.90 bits per heavy atom. The molecule has 0 aromatic rings. The molecule has 0 radical (unpaired) electrons.